The molecule has 0 aliphatic carbocycles. The van der Waals surface area contributed by atoms with E-state index < -0.39 is 11.9 Å². The normalized spacial score (nSPS) is 10.9. The van der Waals surface area contributed by atoms with Gasteiger partial charge < -0.3 is 10.2 Å². The number of nitrogens with one attached hydrogen (secondary N) is 1. The molecule has 4 rings (SSSR count). The van der Waals surface area contributed by atoms with Crippen LogP contribution < -0.4 is 10.2 Å². The van der Waals surface area contributed by atoms with Crippen LogP contribution in [0.1, 0.15) is 53.1 Å². The van der Waals surface area contributed by atoms with Gasteiger partial charge in [-0.2, -0.15) is 9.83 Å². The van der Waals surface area contributed by atoms with Crippen molar-refractivity contribution in [3.05, 3.63) is 64.8 Å². The van der Waals surface area contributed by atoms with E-state index in [9.17, 15) is 14.4 Å². The molecule has 0 saturated heterocycles. The second-order valence-corrected chi connectivity index (χ2v) is 7.99. The van der Waals surface area contributed by atoms with E-state index >= 15 is 0 Å². The Morgan fingerprint density at radius 3 is 2.59 bits per heavy atom. The van der Waals surface area contributed by atoms with Crippen molar-refractivity contribution >= 4 is 46.0 Å². The van der Waals surface area contributed by atoms with Crippen LogP contribution in [0.25, 0.3) is 16.7 Å². The van der Waals surface area contributed by atoms with Crippen molar-refractivity contribution < 1.29 is 19.2 Å². The third-order valence-corrected chi connectivity index (χ3v) is 5.32. The minimum Gasteiger partial charge on any atom is -0.337 e. The average Bonchev–Trinajstić information content (AvgIpc) is 3.34. The number of amides is 1. The van der Waals surface area contributed by atoms with Crippen molar-refractivity contribution in [3.8, 4) is 5.82 Å². The summed E-state index contributed by atoms with van der Waals surface area (Å²) in [6.45, 7) is 5.00. The van der Waals surface area contributed by atoms with E-state index in [-0.39, 0.29) is 17.2 Å². The number of hydrogen-bond donors (Lipinski definition) is 1. The van der Waals surface area contributed by atoms with Crippen LogP contribution in [0.2, 0.25) is 5.02 Å². The molecule has 11 heteroatoms. The van der Waals surface area contributed by atoms with Crippen LogP contribution in [0.5, 0.6) is 0 Å². The summed E-state index contributed by atoms with van der Waals surface area (Å²) in [7, 11) is 0. The monoisotopic (exact) mass is 480 g/mol. The molecular formula is C23H21ClN6O4. The molecular weight excluding hydrogens is 460 g/mol. The third kappa shape index (κ3) is 4.53. The summed E-state index contributed by atoms with van der Waals surface area (Å²) in [5, 5.41) is 7.86. The van der Waals surface area contributed by atoms with E-state index in [2.05, 4.69) is 20.4 Å². The lowest BCUT2D eigenvalue weighted by Gasteiger charge is -2.06. The maximum absolute atomic E-state index is 13.0. The van der Waals surface area contributed by atoms with E-state index in [1.54, 1.807) is 25.1 Å². The molecule has 0 unspecified atom stereocenters. The second kappa shape index (κ2) is 9.44. The van der Waals surface area contributed by atoms with Crippen LogP contribution in [0.4, 0.5) is 5.82 Å². The third-order valence-electron chi connectivity index (χ3n) is 5.09. The zero-order valence-electron chi connectivity index (χ0n) is 18.7. The van der Waals surface area contributed by atoms with Crippen molar-refractivity contribution in [1.29, 1.82) is 0 Å². The van der Waals surface area contributed by atoms with E-state index in [1.165, 1.54) is 41.1 Å². The Labute approximate surface area is 199 Å². The molecule has 1 N–H and O–H groups in total. The summed E-state index contributed by atoms with van der Waals surface area (Å²) in [5.41, 5.74) is 1.96. The molecule has 0 spiro atoms. The van der Waals surface area contributed by atoms with Gasteiger partial charge >= 0.3 is 5.97 Å². The average molecular weight is 481 g/mol. The van der Waals surface area contributed by atoms with Crippen LogP contribution in [0.3, 0.4) is 0 Å². The molecule has 0 saturated carbocycles. The molecule has 0 bridgehead atoms. The summed E-state index contributed by atoms with van der Waals surface area (Å²) < 4.78 is 2.74. The predicted molar refractivity (Wildman–Crippen MR) is 125 cm³/mol. The Morgan fingerprint density at radius 2 is 1.91 bits per heavy atom. The molecule has 1 amide bonds. The molecule has 3 aromatic heterocycles. The van der Waals surface area contributed by atoms with E-state index in [0.29, 0.717) is 39.4 Å². The van der Waals surface area contributed by atoms with Gasteiger partial charge in [-0.1, -0.05) is 18.5 Å². The first-order chi connectivity index (χ1) is 16.3. The highest BCUT2D eigenvalue weighted by Crippen LogP contribution is 2.25. The molecule has 0 radical (unpaired) electrons. The van der Waals surface area contributed by atoms with Gasteiger partial charge in [0, 0.05) is 23.8 Å². The molecule has 10 nitrogen and oxygen atoms in total. The lowest BCUT2D eigenvalue weighted by Crippen LogP contribution is -2.16. The lowest BCUT2D eigenvalue weighted by molar-refractivity contribution is -0.140. The lowest BCUT2D eigenvalue weighted by atomic mass is 10.1. The van der Waals surface area contributed by atoms with Gasteiger partial charge in [-0.05, 0) is 31.5 Å². The van der Waals surface area contributed by atoms with Crippen LogP contribution in [0, 0.1) is 6.92 Å². The smallest absolute Gasteiger partial charge is 0.329 e. The maximum atomic E-state index is 13.0. The van der Waals surface area contributed by atoms with Crippen LogP contribution in [0.15, 0.2) is 43.0 Å². The number of anilines is 1. The number of rotatable bonds is 7. The Kier molecular flexibility index (Phi) is 6.42. The van der Waals surface area contributed by atoms with Crippen molar-refractivity contribution in [2.75, 3.05) is 5.32 Å². The zero-order valence-corrected chi connectivity index (χ0v) is 19.5. The Hall–Kier alpha value is -4.05. The summed E-state index contributed by atoms with van der Waals surface area (Å²) in [6, 6.07) is 4.89. The second-order valence-electron chi connectivity index (χ2n) is 7.56. The van der Waals surface area contributed by atoms with Crippen molar-refractivity contribution in [2.45, 2.75) is 33.6 Å². The van der Waals surface area contributed by atoms with Gasteiger partial charge in [0.1, 0.15) is 0 Å². The van der Waals surface area contributed by atoms with Crippen LogP contribution in [-0.2, 0) is 4.79 Å². The van der Waals surface area contributed by atoms with Gasteiger partial charge in [0.25, 0.3) is 5.91 Å². The molecule has 0 fully saturated rings. The van der Waals surface area contributed by atoms with E-state index in [1.807, 2.05) is 6.92 Å². The topological polar surface area (TPSA) is 121 Å². The van der Waals surface area contributed by atoms with Crippen molar-refractivity contribution in [2.24, 2.45) is 0 Å². The fraction of sp³-hybridized carbons (Fsp3) is 0.217. The summed E-state index contributed by atoms with van der Waals surface area (Å²) in [6.07, 6.45) is 6.96. The number of fused-ring (bicyclic) bond motifs is 1. The maximum Gasteiger partial charge on any atom is 0.329 e. The van der Waals surface area contributed by atoms with E-state index in [0.717, 1.165) is 6.42 Å². The minimum absolute atomic E-state index is 0.0242. The standard InChI is InChI=1S/C23H21ClN6O4/c1-4-5-20(32)17-9-27-30(13(17)2)22-11-25-21(10-26-22)28-23(33)18-12-29(34-14(3)31)19-7-6-15(24)8-16(18)19/h6-12H,4-5H2,1-3H3,(H,25,28,33). The first-order valence-corrected chi connectivity index (χ1v) is 10.9. The number of ketones is 1. The summed E-state index contributed by atoms with van der Waals surface area (Å²) in [4.78, 5) is 50.3. The highest BCUT2D eigenvalue weighted by atomic mass is 35.5. The first kappa shape index (κ1) is 23.1. The number of Topliss-reactive ketones (excluding diaryl/α,β-unsaturated/α-hetero) is 1. The Bertz CT molecular complexity index is 1410. The zero-order chi connectivity index (χ0) is 24.4. The van der Waals surface area contributed by atoms with Gasteiger partial charge in [0.15, 0.2) is 17.4 Å². The Morgan fingerprint density at radius 1 is 1.12 bits per heavy atom. The number of hydrogen-bond acceptors (Lipinski definition) is 7. The quantitative estimate of drug-likeness (QED) is 0.399. The summed E-state index contributed by atoms with van der Waals surface area (Å²) in [5.74, 6) is -0.381. The molecule has 0 atom stereocenters. The largest absolute Gasteiger partial charge is 0.337 e. The molecule has 1 aromatic carbocycles. The van der Waals surface area contributed by atoms with Gasteiger partial charge in [-0.15, -0.1) is 0 Å². The van der Waals surface area contributed by atoms with Gasteiger partial charge in [-0.3, -0.25) is 9.59 Å². The molecule has 34 heavy (non-hydrogen) atoms. The SMILES string of the molecule is CCCC(=O)c1cnn(-c2cnc(NC(=O)c3cn(OC(C)=O)c4ccc(Cl)cc34)cn2)c1C. The molecule has 0 aliphatic rings. The minimum atomic E-state index is -0.534. The fourth-order valence-electron chi connectivity index (χ4n) is 3.52. The number of carbonyl (C=O) groups excluding carboxylic acids is 3. The fourth-order valence-corrected chi connectivity index (χ4v) is 3.69. The first-order valence-electron chi connectivity index (χ1n) is 10.5. The summed E-state index contributed by atoms with van der Waals surface area (Å²) >= 11 is 6.10. The van der Waals surface area contributed by atoms with Gasteiger partial charge in [0.05, 0.1) is 47.1 Å². The molecule has 0 aliphatic heterocycles. The number of nitrogens with zero attached hydrogens (tertiary/aromatic N) is 5. The highest BCUT2D eigenvalue weighted by Gasteiger charge is 2.19. The van der Waals surface area contributed by atoms with Crippen molar-refractivity contribution in [3.63, 3.8) is 0 Å². The molecule has 3 heterocycles. The van der Waals surface area contributed by atoms with Gasteiger partial charge in [-0.25, -0.2) is 19.4 Å². The number of aromatic nitrogens is 5. The van der Waals surface area contributed by atoms with Crippen LogP contribution >= 0.6 is 11.6 Å². The van der Waals surface area contributed by atoms with Gasteiger partial charge in [0.2, 0.25) is 0 Å². The highest BCUT2D eigenvalue weighted by molar-refractivity contribution is 6.31. The van der Waals surface area contributed by atoms with Crippen LogP contribution in [-0.4, -0.2) is 42.1 Å². The number of halogens is 1. The van der Waals surface area contributed by atoms with E-state index in [4.69, 9.17) is 16.4 Å². The molecule has 4 aromatic rings. The molecule has 174 valence electrons. The van der Waals surface area contributed by atoms with Crippen molar-refractivity contribution in [1.82, 2.24) is 24.5 Å². The number of carbonyl (C=O) groups is 3. The number of benzene rings is 1. The Balaban J connectivity index is 1.57. The predicted octanol–water partition coefficient (Wildman–Crippen LogP) is 3.79.